The van der Waals surface area contributed by atoms with Gasteiger partial charge in [0.2, 0.25) is 0 Å². The second-order valence-corrected chi connectivity index (χ2v) is 5.08. The summed E-state index contributed by atoms with van der Waals surface area (Å²) < 4.78 is 5.87. The van der Waals surface area contributed by atoms with Crippen molar-refractivity contribution in [1.82, 2.24) is 0 Å². The summed E-state index contributed by atoms with van der Waals surface area (Å²) in [6, 6.07) is 10.7. The molecular weight excluding hydrogens is 330 g/mol. The summed E-state index contributed by atoms with van der Waals surface area (Å²) in [5.41, 5.74) is 1.19. The molecule has 0 fully saturated rings. The number of ether oxygens (including phenoxy) is 1. The lowest BCUT2D eigenvalue weighted by molar-refractivity contribution is 0.373. The Balaban J connectivity index is 2.39. The fraction of sp³-hybridized carbons (Fsp3) is 0.0714. The van der Waals surface area contributed by atoms with Crippen LogP contribution in [0.25, 0.3) is 0 Å². The summed E-state index contributed by atoms with van der Waals surface area (Å²) in [5, 5.41) is 10.5. The predicted molar refractivity (Wildman–Crippen MR) is 81.1 cm³/mol. The molecule has 0 aromatic heterocycles. The molecule has 0 bridgehead atoms. The molecule has 0 heterocycles. The highest BCUT2D eigenvalue weighted by molar-refractivity contribution is 9.10. The molecule has 19 heavy (non-hydrogen) atoms. The highest BCUT2D eigenvalue weighted by atomic mass is 79.9. The monoisotopic (exact) mass is 339 g/mol. The van der Waals surface area contributed by atoms with Gasteiger partial charge in [-0.15, -0.1) is 0 Å². The second kappa shape index (κ2) is 6.08. The number of aliphatic imine (C=N–C) groups is 1. The molecule has 0 saturated carbocycles. The minimum absolute atomic E-state index is 0.0431. The van der Waals surface area contributed by atoms with E-state index in [-0.39, 0.29) is 5.75 Å². The smallest absolute Gasteiger partial charge is 0.166 e. The number of hydrogen-bond donors (Lipinski definition) is 1. The standard InChI is InChI=1S/C14H11BrClNO2/c1-19-13-7-10(15)6-9(14(13)18)8-17-12-5-3-2-4-11(12)16/h2-8,18H,1H3/b17-8-. The van der Waals surface area contributed by atoms with Crippen LogP contribution in [0.4, 0.5) is 5.69 Å². The third-order valence-electron chi connectivity index (χ3n) is 2.48. The van der Waals surface area contributed by atoms with Crippen LogP contribution in [0.3, 0.4) is 0 Å². The minimum Gasteiger partial charge on any atom is -0.504 e. The molecule has 0 unspecified atom stereocenters. The van der Waals surface area contributed by atoms with E-state index in [1.165, 1.54) is 7.11 Å². The van der Waals surface area contributed by atoms with Crippen molar-refractivity contribution in [1.29, 1.82) is 0 Å². The summed E-state index contributed by atoms with van der Waals surface area (Å²) in [7, 11) is 1.50. The lowest BCUT2D eigenvalue weighted by atomic mass is 10.2. The Morgan fingerprint density at radius 1 is 1.32 bits per heavy atom. The zero-order valence-corrected chi connectivity index (χ0v) is 12.4. The van der Waals surface area contributed by atoms with Crippen LogP contribution in [0, 0.1) is 0 Å². The normalized spacial score (nSPS) is 10.9. The molecule has 0 spiro atoms. The molecule has 98 valence electrons. The number of nitrogens with zero attached hydrogens (tertiary/aromatic N) is 1. The second-order valence-electron chi connectivity index (χ2n) is 3.76. The number of halogens is 2. The van der Waals surface area contributed by atoms with E-state index in [9.17, 15) is 5.11 Å². The Bertz CT molecular complexity index is 629. The third-order valence-corrected chi connectivity index (χ3v) is 3.26. The first-order valence-corrected chi connectivity index (χ1v) is 6.64. The highest BCUT2D eigenvalue weighted by Crippen LogP contribution is 2.33. The van der Waals surface area contributed by atoms with Crippen LogP contribution in [0.1, 0.15) is 5.56 Å². The SMILES string of the molecule is COc1cc(Br)cc(/C=N\c2ccccc2Cl)c1O. The zero-order chi connectivity index (χ0) is 13.8. The Kier molecular flexibility index (Phi) is 4.45. The molecule has 0 aliphatic rings. The van der Waals surface area contributed by atoms with Crippen LogP contribution in [0.15, 0.2) is 45.9 Å². The average molecular weight is 341 g/mol. The van der Waals surface area contributed by atoms with Crippen molar-refractivity contribution >= 4 is 39.4 Å². The first-order chi connectivity index (χ1) is 9.11. The van der Waals surface area contributed by atoms with Crippen molar-refractivity contribution in [3.8, 4) is 11.5 Å². The molecular formula is C14H11BrClNO2. The zero-order valence-electron chi connectivity index (χ0n) is 10.1. The first-order valence-electron chi connectivity index (χ1n) is 5.47. The van der Waals surface area contributed by atoms with Crippen LogP contribution in [0.5, 0.6) is 11.5 Å². The van der Waals surface area contributed by atoms with Gasteiger partial charge in [0.1, 0.15) is 0 Å². The van der Waals surface area contributed by atoms with Crippen LogP contribution in [0.2, 0.25) is 5.02 Å². The van der Waals surface area contributed by atoms with E-state index in [1.807, 2.05) is 12.1 Å². The molecule has 2 aromatic rings. The predicted octanol–water partition coefficient (Wildman–Crippen LogP) is 4.57. The largest absolute Gasteiger partial charge is 0.504 e. The molecule has 0 radical (unpaired) electrons. The van der Waals surface area contributed by atoms with Gasteiger partial charge in [-0.2, -0.15) is 0 Å². The van der Waals surface area contributed by atoms with Crippen molar-refractivity contribution in [2.24, 2.45) is 4.99 Å². The molecule has 2 rings (SSSR count). The lowest BCUT2D eigenvalue weighted by Crippen LogP contribution is -1.89. The Labute approximate surface area is 124 Å². The van der Waals surface area contributed by atoms with Crippen molar-refractivity contribution in [3.05, 3.63) is 51.5 Å². The number of methoxy groups -OCH3 is 1. The quantitative estimate of drug-likeness (QED) is 0.832. The van der Waals surface area contributed by atoms with Crippen LogP contribution in [-0.2, 0) is 0 Å². The fourth-order valence-corrected chi connectivity index (χ4v) is 2.18. The van der Waals surface area contributed by atoms with Crippen molar-refractivity contribution in [2.75, 3.05) is 7.11 Å². The molecule has 5 heteroatoms. The van der Waals surface area contributed by atoms with E-state index in [4.69, 9.17) is 16.3 Å². The maximum Gasteiger partial charge on any atom is 0.166 e. The average Bonchev–Trinajstić information content (AvgIpc) is 2.41. The number of aromatic hydroxyl groups is 1. The van der Waals surface area contributed by atoms with Gasteiger partial charge >= 0.3 is 0 Å². The number of phenols is 1. The van der Waals surface area contributed by atoms with E-state index in [0.717, 1.165) is 4.47 Å². The van der Waals surface area contributed by atoms with Gasteiger partial charge in [0.25, 0.3) is 0 Å². The number of phenolic OH excluding ortho intramolecular Hbond substituents is 1. The van der Waals surface area contributed by atoms with Gasteiger partial charge in [-0.1, -0.05) is 39.7 Å². The van der Waals surface area contributed by atoms with Crippen molar-refractivity contribution in [2.45, 2.75) is 0 Å². The summed E-state index contributed by atoms with van der Waals surface area (Å²) >= 11 is 9.36. The van der Waals surface area contributed by atoms with Crippen LogP contribution in [-0.4, -0.2) is 18.4 Å². The van der Waals surface area contributed by atoms with E-state index in [0.29, 0.717) is 22.0 Å². The number of hydrogen-bond acceptors (Lipinski definition) is 3. The molecule has 0 aliphatic carbocycles. The highest BCUT2D eigenvalue weighted by Gasteiger charge is 2.08. The number of benzene rings is 2. The van der Waals surface area contributed by atoms with Crippen molar-refractivity contribution < 1.29 is 9.84 Å². The van der Waals surface area contributed by atoms with Gasteiger partial charge < -0.3 is 9.84 Å². The van der Waals surface area contributed by atoms with Gasteiger partial charge in [0, 0.05) is 16.3 Å². The Morgan fingerprint density at radius 3 is 2.74 bits per heavy atom. The molecule has 0 saturated heterocycles. The third kappa shape index (κ3) is 3.28. The maximum atomic E-state index is 9.99. The van der Waals surface area contributed by atoms with E-state index in [1.54, 1.807) is 30.5 Å². The topological polar surface area (TPSA) is 41.8 Å². The van der Waals surface area contributed by atoms with Crippen LogP contribution >= 0.6 is 27.5 Å². The van der Waals surface area contributed by atoms with Gasteiger partial charge in [0.15, 0.2) is 11.5 Å². The number of para-hydroxylation sites is 1. The molecule has 0 atom stereocenters. The molecule has 1 N–H and O–H groups in total. The molecule has 0 amide bonds. The summed E-state index contributed by atoms with van der Waals surface area (Å²) in [5.74, 6) is 0.427. The van der Waals surface area contributed by atoms with Gasteiger partial charge in [-0.3, -0.25) is 4.99 Å². The van der Waals surface area contributed by atoms with Crippen LogP contribution < -0.4 is 4.74 Å². The van der Waals surface area contributed by atoms with Gasteiger partial charge in [-0.05, 0) is 24.3 Å². The molecule has 2 aromatic carbocycles. The summed E-state index contributed by atoms with van der Waals surface area (Å²) in [6.45, 7) is 0. The maximum absolute atomic E-state index is 9.99. The lowest BCUT2D eigenvalue weighted by Gasteiger charge is -2.06. The summed E-state index contributed by atoms with van der Waals surface area (Å²) in [4.78, 5) is 4.26. The fourth-order valence-electron chi connectivity index (χ4n) is 1.54. The van der Waals surface area contributed by atoms with E-state index >= 15 is 0 Å². The Hall–Kier alpha value is -1.52. The molecule has 0 aliphatic heterocycles. The van der Waals surface area contributed by atoms with Crippen molar-refractivity contribution in [3.63, 3.8) is 0 Å². The Morgan fingerprint density at radius 2 is 2.05 bits per heavy atom. The summed E-state index contributed by atoms with van der Waals surface area (Å²) in [6.07, 6.45) is 1.55. The van der Waals surface area contributed by atoms with E-state index in [2.05, 4.69) is 20.9 Å². The first kappa shape index (κ1) is 13.9. The van der Waals surface area contributed by atoms with Gasteiger partial charge in [0.05, 0.1) is 17.8 Å². The van der Waals surface area contributed by atoms with E-state index < -0.39 is 0 Å². The number of rotatable bonds is 3. The minimum atomic E-state index is 0.0431. The van der Waals surface area contributed by atoms with Gasteiger partial charge in [-0.25, -0.2) is 0 Å². The molecule has 3 nitrogen and oxygen atoms in total.